The van der Waals surface area contributed by atoms with E-state index in [1.807, 2.05) is 41.6 Å². The van der Waals surface area contributed by atoms with E-state index in [1.165, 1.54) is 24.9 Å². The van der Waals surface area contributed by atoms with E-state index in [-0.39, 0.29) is 18.3 Å². The summed E-state index contributed by atoms with van der Waals surface area (Å²) in [6.45, 7) is 6.00. The molecule has 2 aliphatic heterocycles. The Bertz CT molecular complexity index is 1020. The molecule has 2 aromatic carbocycles. The number of imidazole rings is 1. The van der Waals surface area contributed by atoms with Gasteiger partial charge in [0.1, 0.15) is 0 Å². The predicted octanol–water partition coefficient (Wildman–Crippen LogP) is 4.21. The Morgan fingerprint density at radius 3 is 2.63 bits per heavy atom. The van der Waals surface area contributed by atoms with Crippen molar-refractivity contribution in [2.45, 2.75) is 44.8 Å². The molecule has 1 amide bonds. The third kappa shape index (κ3) is 3.96. The number of aromatic nitrogens is 2. The van der Waals surface area contributed by atoms with Crippen LogP contribution in [0.2, 0.25) is 0 Å². The average molecular weight is 425 g/mol. The van der Waals surface area contributed by atoms with E-state index in [4.69, 9.17) is 0 Å². The lowest BCUT2D eigenvalue weighted by Gasteiger charge is -2.28. The first-order valence-corrected chi connectivity index (χ1v) is 10.7. The van der Waals surface area contributed by atoms with Crippen LogP contribution in [0, 0.1) is 0 Å². The molecular formula is C24H29ClN4O. The minimum absolute atomic E-state index is 0. The largest absolute Gasteiger partial charge is 0.337 e. The van der Waals surface area contributed by atoms with E-state index in [1.54, 1.807) is 0 Å². The highest BCUT2D eigenvalue weighted by Crippen LogP contribution is 2.26. The first-order chi connectivity index (χ1) is 14.2. The predicted molar refractivity (Wildman–Crippen MR) is 122 cm³/mol. The number of carbonyl (C=O) groups excluding carboxylic acids is 1. The quantitative estimate of drug-likeness (QED) is 0.630. The minimum atomic E-state index is 0. The molecule has 0 radical (unpaired) electrons. The highest BCUT2D eigenvalue weighted by atomic mass is 35.5. The van der Waals surface area contributed by atoms with Gasteiger partial charge in [-0.05, 0) is 62.6 Å². The van der Waals surface area contributed by atoms with Gasteiger partial charge < -0.3 is 9.47 Å². The number of rotatable bonds is 4. The van der Waals surface area contributed by atoms with Crippen LogP contribution in [-0.4, -0.2) is 57.0 Å². The number of halogens is 1. The molecule has 5 rings (SSSR count). The molecule has 0 spiro atoms. The summed E-state index contributed by atoms with van der Waals surface area (Å²) in [5, 5.41) is 0. The molecule has 2 atom stereocenters. The number of hydrogen-bond donors (Lipinski definition) is 0. The molecular weight excluding hydrogens is 396 g/mol. The Morgan fingerprint density at radius 2 is 1.87 bits per heavy atom. The molecule has 1 aromatic heterocycles. The second-order valence-corrected chi connectivity index (χ2v) is 8.48. The minimum Gasteiger partial charge on any atom is -0.337 e. The Morgan fingerprint density at radius 1 is 1.07 bits per heavy atom. The van der Waals surface area contributed by atoms with Crippen LogP contribution in [0.3, 0.4) is 0 Å². The lowest BCUT2D eigenvalue weighted by Crippen LogP contribution is -2.40. The van der Waals surface area contributed by atoms with E-state index in [2.05, 4.69) is 39.6 Å². The smallest absolute Gasteiger partial charge is 0.253 e. The highest BCUT2D eigenvalue weighted by molar-refractivity contribution is 5.94. The van der Waals surface area contributed by atoms with Crippen LogP contribution in [0.25, 0.3) is 11.0 Å². The number of amides is 1. The van der Waals surface area contributed by atoms with Crippen LogP contribution in [0.1, 0.15) is 42.1 Å². The van der Waals surface area contributed by atoms with Gasteiger partial charge in [0.2, 0.25) is 0 Å². The van der Waals surface area contributed by atoms with E-state index >= 15 is 0 Å². The van der Waals surface area contributed by atoms with Crippen molar-refractivity contribution in [2.75, 3.05) is 19.6 Å². The van der Waals surface area contributed by atoms with E-state index < -0.39 is 0 Å². The lowest BCUT2D eigenvalue weighted by molar-refractivity contribution is 0.0774. The molecule has 3 heterocycles. The van der Waals surface area contributed by atoms with Crippen molar-refractivity contribution in [3.8, 4) is 0 Å². The molecule has 30 heavy (non-hydrogen) atoms. The molecule has 2 fully saturated rings. The summed E-state index contributed by atoms with van der Waals surface area (Å²) in [5.74, 6) is 0.166. The summed E-state index contributed by atoms with van der Waals surface area (Å²) >= 11 is 0. The zero-order valence-electron chi connectivity index (χ0n) is 17.4. The number of benzene rings is 2. The number of carbonyl (C=O) groups is 1. The molecule has 158 valence electrons. The van der Waals surface area contributed by atoms with Crippen LogP contribution < -0.4 is 0 Å². The molecule has 3 aromatic rings. The van der Waals surface area contributed by atoms with Gasteiger partial charge in [-0.2, -0.15) is 0 Å². The van der Waals surface area contributed by atoms with Crippen molar-refractivity contribution in [2.24, 2.45) is 0 Å². The maximum absolute atomic E-state index is 13.0. The van der Waals surface area contributed by atoms with Crippen LogP contribution in [-0.2, 0) is 6.54 Å². The number of nitrogens with zero attached hydrogens (tertiary/aromatic N) is 4. The van der Waals surface area contributed by atoms with Crippen molar-refractivity contribution in [3.05, 3.63) is 66.0 Å². The van der Waals surface area contributed by atoms with Gasteiger partial charge in [0.05, 0.1) is 17.4 Å². The maximum atomic E-state index is 13.0. The number of likely N-dealkylation sites (tertiary alicyclic amines) is 2. The van der Waals surface area contributed by atoms with Crippen LogP contribution in [0.4, 0.5) is 0 Å². The Labute approximate surface area is 184 Å². The van der Waals surface area contributed by atoms with E-state index in [9.17, 15) is 4.79 Å². The number of para-hydroxylation sites is 2. The Kier molecular flexibility index (Phi) is 6.11. The van der Waals surface area contributed by atoms with Gasteiger partial charge in [0, 0.05) is 37.3 Å². The molecule has 2 aliphatic rings. The summed E-state index contributed by atoms with van der Waals surface area (Å²) in [4.78, 5) is 22.1. The SMILES string of the molecule is C[C@@H]1CCCN1[C@@H]1CCN(C(=O)c2ccc(Cn3cnc4ccccc43)cc2)C1.Cl. The summed E-state index contributed by atoms with van der Waals surface area (Å²) in [6.07, 6.45) is 5.56. The van der Waals surface area contributed by atoms with Gasteiger partial charge in [-0.15, -0.1) is 12.4 Å². The molecule has 0 saturated carbocycles. The van der Waals surface area contributed by atoms with Gasteiger partial charge in [-0.3, -0.25) is 9.69 Å². The van der Waals surface area contributed by atoms with Crippen molar-refractivity contribution in [1.29, 1.82) is 0 Å². The fraction of sp³-hybridized carbons (Fsp3) is 0.417. The Hall–Kier alpha value is -2.37. The molecule has 5 nitrogen and oxygen atoms in total. The van der Waals surface area contributed by atoms with E-state index in [0.29, 0.717) is 12.1 Å². The zero-order chi connectivity index (χ0) is 19.8. The highest BCUT2D eigenvalue weighted by Gasteiger charge is 2.34. The molecule has 0 N–H and O–H groups in total. The molecule has 2 saturated heterocycles. The zero-order valence-corrected chi connectivity index (χ0v) is 18.2. The van der Waals surface area contributed by atoms with Crippen molar-refractivity contribution in [1.82, 2.24) is 19.4 Å². The number of fused-ring (bicyclic) bond motifs is 1. The normalized spacial score (nSPS) is 21.8. The third-order valence-corrected chi connectivity index (χ3v) is 6.61. The average Bonchev–Trinajstić information content (AvgIpc) is 3.48. The van der Waals surface area contributed by atoms with E-state index in [0.717, 1.165) is 42.7 Å². The van der Waals surface area contributed by atoms with Crippen molar-refractivity contribution in [3.63, 3.8) is 0 Å². The number of hydrogen-bond acceptors (Lipinski definition) is 3. The fourth-order valence-electron chi connectivity index (χ4n) is 4.96. The molecule has 0 aliphatic carbocycles. The van der Waals surface area contributed by atoms with Crippen LogP contribution >= 0.6 is 12.4 Å². The van der Waals surface area contributed by atoms with Crippen LogP contribution in [0.5, 0.6) is 0 Å². The summed E-state index contributed by atoms with van der Waals surface area (Å²) in [5.41, 5.74) is 4.11. The standard InChI is InChI=1S/C24H28N4O.ClH/c1-18-5-4-13-28(18)21-12-14-26(16-21)24(29)20-10-8-19(9-11-20)15-27-17-25-22-6-2-3-7-23(22)27;/h2-3,6-11,17-18,21H,4-5,12-16H2,1H3;1H/t18-,21-;/m1./s1. The second kappa shape index (κ2) is 8.78. The molecule has 0 unspecified atom stereocenters. The maximum Gasteiger partial charge on any atom is 0.253 e. The van der Waals surface area contributed by atoms with Gasteiger partial charge in [-0.25, -0.2) is 4.98 Å². The van der Waals surface area contributed by atoms with Crippen molar-refractivity contribution >= 4 is 29.3 Å². The Balaban J connectivity index is 0.00000218. The summed E-state index contributed by atoms with van der Waals surface area (Å²) in [7, 11) is 0. The van der Waals surface area contributed by atoms with Crippen LogP contribution in [0.15, 0.2) is 54.9 Å². The molecule has 0 bridgehead atoms. The monoisotopic (exact) mass is 424 g/mol. The first-order valence-electron chi connectivity index (χ1n) is 10.7. The van der Waals surface area contributed by atoms with Gasteiger partial charge in [0.25, 0.3) is 5.91 Å². The topological polar surface area (TPSA) is 41.4 Å². The summed E-state index contributed by atoms with van der Waals surface area (Å²) < 4.78 is 2.15. The first kappa shape index (κ1) is 20.9. The third-order valence-electron chi connectivity index (χ3n) is 6.61. The lowest BCUT2D eigenvalue weighted by atomic mass is 10.1. The van der Waals surface area contributed by atoms with Gasteiger partial charge in [-0.1, -0.05) is 24.3 Å². The summed E-state index contributed by atoms with van der Waals surface area (Å²) in [6, 6.07) is 17.4. The van der Waals surface area contributed by atoms with Gasteiger partial charge in [0.15, 0.2) is 0 Å². The van der Waals surface area contributed by atoms with Gasteiger partial charge >= 0.3 is 0 Å². The fourth-order valence-corrected chi connectivity index (χ4v) is 4.96. The van der Waals surface area contributed by atoms with Crippen molar-refractivity contribution < 1.29 is 4.79 Å². The molecule has 6 heteroatoms. The second-order valence-electron chi connectivity index (χ2n) is 8.48.